The van der Waals surface area contributed by atoms with Gasteiger partial charge in [-0.25, -0.2) is 17.9 Å². The molecule has 1 aromatic heterocycles. The number of benzene rings is 1. The van der Waals surface area contributed by atoms with Gasteiger partial charge in [-0.2, -0.15) is 5.10 Å². The summed E-state index contributed by atoms with van der Waals surface area (Å²) in [5, 5.41) is 4.18. The molecule has 25 heavy (non-hydrogen) atoms. The number of carbonyl (C=O) groups is 1. The van der Waals surface area contributed by atoms with Crippen LogP contribution in [-0.4, -0.2) is 44.4 Å². The van der Waals surface area contributed by atoms with Gasteiger partial charge in [0.05, 0.1) is 19.8 Å². The van der Waals surface area contributed by atoms with Crippen LogP contribution in [-0.2, 0) is 27.7 Å². The quantitative estimate of drug-likeness (QED) is 0.793. The Bertz CT molecular complexity index is 891. The first-order valence-corrected chi connectivity index (χ1v) is 9.22. The van der Waals surface area contributed by atoms with Crippen LogP contribution >= 0.6 is 0 Å². The molecule has 0 bridgehead atoms. The van der Waals surface area contributed by atoms with Crippen molar-refractivity contribution in [2.75, 3.05) is 14.2 Å². The lowest BCUT2D eigenvalue weighted by Gasteiger charge is -2.24. The monoisotopic (exact) mass is 365 g/mol. The van der Waals surface area contributed by atoms with Crippen molar-refractivity contribution in [3.05, 3.63) is 41.7 Å². The van der Waals surface area contributed by atoms with E-state index in [1.807, 2.05) is 10.7 Å². The van der Waals surface area contributed by atoms with Gasteiger partial charge in [0.2, 0.25) is 10.0 Å². The van der Waals surface area contributed by atoms with Crippen LogP contribution in [0.2, 0.25) is 0 Å². The van der Waals surface area contributed by atoms with Gasteiger partial charge in [0.15, 0.2) is 0 Å². The van der Waals surface area contributed by atoms with E-state index in [-0.39, 0.29) is 22.3 Å². The van der Waals surface area contributed by atoms with Crippen LogP contribution in [0, 0.1) is 0 Å². The molecule has 1 unspecified atom stereocenters. The van der Waals surface area contributed by atoms with Crippen LogP contribution in [0.3, 0.4) is 0 Å². The van der Waals surface area contributed by atoms with Gasteiger partial charge in [-0.05, 0) is 30.7 Å². The normalized spacial score (nSPS) is 17.0. The maximum absolute atomic E-state index is 12.8. The van der Waals surface area contributed by atoms with Crippen molar-refractivity contribution in [1.82, 2.24) is 14.5 Å². The van der Waals surface area contributed by atoms with Crippen LogP contribution in [0.25, 0.3) is 0 Å². The van der Waals surface area contributed by atoms with Crippen LogP contribution in [0.15, 0.2) is 35.4 Å². The zero-order valence-electron chi connectivity index (χ0n) is 13.9. The van der Waals surface area contributed by atoms with Crippen molar-refractivity contribution < 1.29 is 22.7 Å². The minimum absolute atomic E-state index is 0.0861. The van der Waals surface area contributed by atoms with Crippen LogP contribution < -0.4 is 9.46 Å². The summed E-state index contributed by atoms with van der Waals surface area (Å²) in [5.74, 6) is -0.443. The summed E-state index contributed by atoms with van der Waals surface area (Å²) in [6.45, 7) is 0.648. The fourth-order valence-electron chi connectivity index (χ4n) is 2.88. The molecule has 1 aliphatic rings. The predicted molar refractivity (Wildman–Crippen MR) is 89.0 cm³/mol. The van der Waals surface area contributed by atoms with Gasteiger partial charge in [-0.15, -0.1) is 0 Å². The number of hydrogen-bond acceptors (Lipinski definition) is 6. The largest absolute Gasteiger partial charge is 0.495 e. The molecule has 1 N–H and O–H groups in total. The molecule has 3 rings (SSSR count). The van der Waals surface area contributed by atoms with Crippen molar-refractivity contribution >= 4 is 16.0 Å². The van der Waals surface area contributed by atoms with Gasteiger partial charge in [0, 0.05) is 30.9 Å². The summed E-state index contributed by atoms with van der Waals surface area (Å²) in [6.07, 6.45) is 2.89. The smallest absolute Gasteiger partial charge is 0.337 e. The number of rotatable bonds is 5. The summed E-state index contributed by atoms with van der Waals surface area (Å²) in [4.78, 5) is 11.6. The first-order chi connectivity index (χ1) is 11.9. The molecule has 1 aliphatic heterocycles. The van der Waals surface area contributed by atoms with Gasteiger partial charge >= 0.3 is 5.97 Å². The van der Waals surface area contributed by atoms with E-state index in [2.05, 4.69) is 14.6 Å². The van der Waals surface area contributed by atoms with E-state index in [0.717, 1.165) is 5.69 Å². The summed E-state index contributed by atoms with van der Waals surface area (Å²) >= 11 is 0. The van der Waals surface area contributed by atoms with Gasteiger partial charge in [0.1, 0.15) is 10.6 Å². The molecule has 1 atom stereocenters. The highest BCUT2D eigenvalue weighted by Crippen LogP contribution is 2.26. The molecule has 0 radical (unpaired) electrons. The van der Waals surface area contributed by atoms with Crippen molar-refractivity contribution in [3.8, 4) is 5.75 Å². The molecule has 0 spiro atoms. The molecule has 0 fully saturated rings. The molecule has 0 amide bonds. The summed E-state index contributed by atoms with van der Waals surface area (Å²) in [5.41, 5.74) is 1.12. The van der Waals surface area contributed by atoms with Crippen LogP contribution in [0.4, 0.5) is 0 Å². The van der Waals surface area contributed by atoms with Crippen molar-refractivity contribution in [3.63, 3.8) is 0 Å². The standard InChI is InChI=1S/C16H19N3O5S/c1-23-14-4-3-11(16(20)24-2)9-15(14)25(21,22)18-12-6-8-19-13(10-12)5-7-17-19/h3-5,7,9,12,18H,6,8,10H2,1-2H3. The number of methoxy groups -OCH3 is 2. The third-order valence-corrected chi connectivity index (χ3v) is 5.69. The Kier molecular flexibility index (Phi) is 4.78. The predicted octanol–water partition coefficient (Wildman–Crippen LogP) is 0.972. The zero-order chi connectivity index (χ0) is 18.0. The zero-order valence-corrected chi connectivity index (χ0v) is 14.7. The lowest BCUT2D eigenvalue weighted by Crippen LogP contribution is -2.40. The van der Waals surface area contributed by atoms with Crippen molar-refractivity contribution in [2.45, 2.75) is 30.3 Å². The number of nitrogens with zero attached hydrogens (tertiary/aromatic N) is 2. The molecule has 2 aromatic rings. The minimum Gasteiger partial charge on any atom is -0.495 e. The SMILES string of the molecule is COC(=O)c1ccc(OC)c(S(=O)(=O)NC2CCn3nccc3C2)c1. The maximum atomic E-state index is 12.8. The number of aromatic nitrogens is 2. The Hall–Kier alpha value is -2.39. The van der Waals surface area contributed by atoms with Gasteiger partial charge < -0.3 is 9.47 Å². The number of nitrogens with one attached hydrogen (secondary N) is 1. The third-order valence-electron chi connectivity index (χ3n) is 4.15. The van der Waals surface area contributed by atoms with Gasteiger partial charge in [-0.3, -0.25) is 4.68 Å². The Morgan fingerprint density at radius 2 is 2.12 bits per heavy atom. The fraction of sp³-hybridized carbons (Fsp3) is 0.375. The molecular weight excluding hydrogens is 346 g/mol. The molecule has 0 saturated carbocycles. The van der Waals surface area contributed by atoms with E-state index in [1.165, 1.54) is 32.4 Å². The molecular formula is C16H19N3O5S. The molecule has 2 heterocycles. The van der Waals surface area contributed by atoms with Gasteiger partial charge in [0.25, 0.3) is 0 Å². The number of esters is 1. The molecule has 0 saturated heterocycles. The van der Waals surface area contributed by atoms with E-state index >= 15 is 0 Å². The van der Waals surface area contributed by atoms with E-state index in [1.54, 1.807) is 6.20 Å². The van der Waals surface area contributed by atoms with Crippen molar-refractivity contribution in [2.24, 2.45) is 0 Å². The summed E-state index contributed by atoms with van der Waals surface area (Å²) in [7, 11) is -1.24. The number of sulfonamides is 1. The number of ether oxygens (including phenoxy) is 2. The Morgan fingerprint density at radius 3 is 2.84 bits per heavy atom. The highest BCUT2D eigenvalue weighted by atomic mass is 32.2. The molecule has 1 aromatic carbocycles. The highest BCUT2D eigenvalue weighted by molar-refractivity contribution is 7.89. The van der Waals surface area contributed by atoms with E-state index in [4.69, 9.17) is 4.74 Å². The molecule has 0 aliphatic carbocycles. The maximum Gasteiger partial charge on any atom is 0.337 e. The number of hydrogen-bond donors (Lipinski definition) is 1. The second kappa shape index (κ2) is 6.85. The van der Waals surface area contributed by atoms with Gasteiger partial charge in [-0.1, -0.05) is 0 Å². The first kappa shape index (κ1) is 17.4. The Labute approximate surface area is 145 Å². The second-order valence-electron chi connectivity index (χ2n) is 5.71. The van der Waals surface area contributed by atoms with Crippen LogP contribution in [0.5, 0.6) is 5.75 Å². The average molecular weight is 365 g/mol. The molecule has 134 valence electrons. The second-order valence-corrected chi connectivity index (χ2v) is 7.40. The number of carbonyl (C=O) groups excluding carboxylic acids is 1. The lowest BCUT2D eigenvalue weighted by molar-refractivity contribution is 0.0600. The summed E-state index contributed by atoms with van der Waals surface area (Å²) < 4.78 is 40.0. The third kappa shape index (κ3) is 3.52. The summed E-state index contributed by atoms with van der Waals surface area (Å²) in [6, 6.07) is 5.79. The highest BCUT2D eigenvalue weighted by Gasteiger charge is 2.27. The molecule has 8 nitrogen and oxygen atoms in total. The average Bonchev–Trinajstić information content (AvgIpc) is 3.07. The topological polar surface area (TPSA) is 99.5 Å². The van der Waals surface area contributed by atoms with Crippen LogP contribution in [0.1, 0.15) is 22.5 Å². The van der Waals surface area contributed by atoms with E-state index in [0.29, 0.717) is 19.4 Å². The van der Waals surface area contributed by atoms with Crippen molar-refractivity contribution in [1.29, 1.82) is 0 Å². The minimum atomic E-state index is -3.86. The Balaban J connectivity index is 1.88. The fourth-order valence-corrected chi connectivity index (χ4v) is 4.35. The van der Waals surface area contributed by atoms with E-state index in [9.17, 15) is 13.2 Å². The first-order valence-electron chi connectivity index (χ1n) is 7.74. The number of aryl methyl sites for hydroxylation is 1. The molecule has 9 heteroatoms. The van der Waals surface area contributed by atoms with E-state index < -0.39 is 16.0 Å². The lowest BCUT2D eigenvalue weighted by atomic mass is 10.1. The Morgan fingerprint density at radius 1 is 1.32 bits per heavy atom. The number of fused-ring (bicyclic) bond motifs is 1.